The zero-order valence-electron chi connectivity index (χ0n) is 17.1. The van der Waals surface area contributed by atoms with Gasteiger partial charge < -0.3 is 15.0 Å². The predicted octanol–water partition coefficient (Wildman–Crippen LogP) is 1.04. The lowest BCUT2D eigenvalue weighted by molar-refractivity contribution is -0.384. The second kappa shape index (κ2) is 10.5. The molecule has 11 heteroatoms. The standard InChI is InChI=1S/C18H29N5O5S/c1-15(2)28-12-13-29(26,27)22-10-8-21(9-11-22)18(19-3)20-14-16-4-6-17(7-5-16)23(24)25/h4-7,15H,8-14H2,1-3H3,(H,19,20). The SMILES string of the molecule is CN=C(NCc1ccc([N+](=O)[O-])cc1)N1CCN(S(=O)(=O)CCOC(C)C)CC1. The average molecular weight is 428 g/mol. The van der Waals surface area contributed by atoms with E-state index < -0.39 is 14.9 Å². The number of non-ortho nitro benzene ring substituents is 1. The Morgan fingerprint density at radius 2 is 1.86 bits per heavy atom. The van der Waals surface area contributed by atoms with Gasteiger partial charge >= 0.3 is 0 Å². The second-order valence-corrected chi connectivity index (χ2v) is 9.03. The lowest BCUT2D eigenvalue weighted by Crippen LogP contribution is -2.54. The van der Waals surface area contributed by atoms with Crippen LogP contribution in [0.2, 0.25) is 0 Å². The third-order valence-electron chi connectivity index (χ3n) is 4.53. The second-order valence-electron chi connectivity index (χ2n) is 6.95. The smallest absolute Gasteiger partial charge is 0.269 e. The first-order valence-electron chi connectivity index (χ1n) is 9.51. The molecule has 1 fully saturated rings. The molecule has 1 aliphatic rings. The minimum absolute atomic E-state index is 0.00666. The Balaban J connectivity index is 1.84. The van der Waals surface area contributed by atoms with E-state index >= 15 is 0 Å². The molecule has 1 heterocycles. The van der Waals surface area contributed by atoms with E-state index in [-0.39, 0.29) is 24.2 Å². The van der Waals surface area contributed by atoms with E-state index in [0.29, 0.717) is 38.7 Å². The zero-order chi connectivity index (χ0) is 21.4. The number of rotatable bonds is 8. The van der Waals surface area contributed by atoms with Crippen molar-refractivity contribution in [3.05, 3.63) is 39.9 Å². The van der Waals surface area contributed by atoms with Crippen molar-refractivity contribution in [3.63, 3.8) is 0 Å². The summed E-state index contributed by atoms with van der Waals surface area (Å²) in [5.74, 6) is 0.654. The third-order valence-corrected chi connectivity index (χ3v) is 6.37. The topological polar surface area (TPSA) is 117 Å². The van der Waals surface area contributed by atoms with Crippen LogP contribution in [0.5, 0.6) is 0 Å². The fraction of sp³-hybridized carbons (Fsp3) is 0.611. The Morgan fingerprint density at radius 3 is 2.38 bits per heavy atom. The molecule has 1 N–H and O–H groups in total. The molecule has 1 saturated heterocycles. The molecule has 29 heavy (non-hydrogen) atoms. The van der Waals surface area contributed by atoms with E-state index in [9.17, 15) is 18.5 Å². The maximum absolute atomic E-state index is 12.4. The van der Waals surface area contributed by atoms with Crippen LogP contribution >= 0.6 is 0 Å². The Kier molecular flexibility index (Phi) is 8.35. The minimum Gasteiger partial charge on any atom is -0.378 e. The number of nitro groups is 1. The van der Waals surface area contributed by atoms with Crippen molar-refractivity contribution < 1.29 is 18.1 Å². The van der Waals surface area contributed by atoms with Gasteiger partial charge in [-0.1, -0.05) is 12.1 Å². The predicted molar refractivity (Wildman–Crippen MR) is 111 cm³/mol. The van der Waals surface area contributed by atoms with Gasteiger partial charge in [0.05, 0.1) is 23.4 Å². The molecule has 10 nitrogen and oxygen atoms in total. The molecular formula is C18H29N5O5S. The number of ether oxygens (including phenoxy) is 1. The maximum atomic E-state index is 12.4. The highest BCUT2D eigenvalue weighted by Crippen LogP contribution is 2.12. The number of hydrogen-bond donors (Lipinski definition) is 1. The number of nitro benzene ring substituents is 1. The molecule has 0 radical (unpaired) electrons. The summed E-state index contributed by atoms with van der Waals surface area (Å²) in [5.41, 5.74) is 0.942. The van der Waals surface area contributed by atoms with Crippen LogP contribution in [0, 0.1) is 10.1 Å². The summed E-state index contributed by atoms with van der Waals surface area (Å²) in [6, 6.07) is 6.32. The molecule has 1 aromatic carbocycles. The lowest BCUT2D eigenvalue weighted by Gasteiger charge is -2.35. The van der Waals surface area contributed by atoms with Crippen LogP contribution in [-0.4, -0.2) is 80.2 Å². The van der Waals surface area contributed by atoms with Crippen molar-refractivity contribution in [2.45, 2.75) is 26.5 Å². The average Bonchev–Trinajstić information content (AvgIpc) is 2.68. The highest BCUT2D eigenvalue weighted by atomic mass is 32.2. The summed E-state index contributed by atoms with van der Waals surface area (Å²) in [4.78, 5) is 16.6. The molecule has 0 amide bonds. The monoisotopic (exact) mass is 427 g/mol. The van der Waals surface area contributed by atoms with E-state index in [4.69, 9.17) is 4.74 Å². The van der Waals surface area contributed by atoms with Gasteiger partial charge in [-0.15, -0.1) is 0 Å². The molecular weight excluding hydrogens is 398 g/mol. The summed E-state index contributed by atoms with van der Waals surface area (Å²) in [7, 11) is -1.66. The Hall–Kier alpha value is -2.24. The van der Waals surface area contributed by atoms with Crippen molar-refractivity contribution in [2.24, 2.45) is 4.99 Å². The number of aliphatic imine (C=N–C) groups is 1. The van der Waals surface area contributed by atoms with Crippen molar-refractivity contribution in [3.8, 4) is 0 Å². The molecule has 0 aromatic heterocycles. The van der Waals surface area contributed by atoms with Crippen molar-refractivity contribution in [1.29, 1.82) is 0 Å². The molecule has 0 bridgehead atoms. The summed E-state index contributed by atoms with van der Waals surface area (Å²) in [6.45, 7) is 6.26. The molecule has 0 atom stereocenters. The molecule has 1 aromatic rings. The van der Waals surface area contributed by atoms with Gasteiger partial charge in [0.1, 0.15) is 0 Å². The molecule has 1 aliphatic heterocycles. The van der Waals surface area contributed by atoms with Gasteiger partial charge in [-0.2, -0.15) is 4.31 Å². The number of nitrogens with zero attached hydrogens (tertiary/aromatic N) is 4. The van der Waals surface area contributed by atoms with Crippen LogP contribution in [0.1, 0.15) is 19.4 Å². The fourth-order valence-corrected chi connectivity index (χ4v) is 4.23. The first kappa shape index (κ1) is 23.0. The number of benzene rings is 1. The Bertz CT molecular complexity index is 802. The fourth-order valence-electron chi connectivity index (χ4n) is 2.95. The molecule has 0 unspecified atom stereocenters. The summed E-state index contributed by atoms with van der Waals surface area (Å²) in [6.07, 6.45) is 0.00666. The molecule has 0 saturated carbocycles. The molecule has 0 spiro atoms. The highest BCUT2D eigenvalue weighted by molar-refractivity contribution is 7.89. The Labute approximate surface area is 171 Å². The van der Waals surface area contributed by atoms with Gasteiger partial charge in [0.15, 0.2) is 5.96 Å². The van der Waals surface area contributed by atoms with Crippen molar-refractivity contribution in [1.82, 2.24) is 14.5 Å². The number of piperazine rings is 1. The van der Waals surface area contributed by atoms with Gasteiger partial charge in [-0.25, -0.2) is 8.42 Å². The van der Waals surface area contributed by atoms with Gasteiger partial charge in [0.25, 0.3) is 5.69 Å². The van der Waals surface area contributed by atoms with Gasteiger partial charge in [0, 0.05) is 51.9 Å². The van der Waals surface area contributed by atoms with E-state index in [1.165, 1.54) is 16.4 Å². The first-order chi connectivity index (χ1) is 13.7. The minimum atomic E-state index is -3.33. The van der Waals surface area contributed by atoms with Crippen LogP contribution in [-0.2, 0) is 21.3 Å². The number of hydrogen-bond acceptors (Lipinski definition) is 6. The van der Waals surface area contributed by atoms with Crippen LogP contribution < -0.4 is 5.32 Å². The maximum Gasteiger partial charge on any atom is 0.269 e. The van der Waals surface area contributed by atoms with Crippen LogP contribution in [0.15, 0.2) is 29.3 Å². The van der Waals surface area contributed by atoms with Crippen LogP contribution in [0.25, 0.3) is 0 Å². The van der Waals surface area contributed by atoms with E-state index in [1.807, 2.05) is 18.7 Å². The van der Waals surface area contributed by atoms with E-state index in [1.54, 1.807) is 19.2 Å². The van der Waals surface area contributed by atoms with Crippen LogP contribution in [0.4, 0.5) is 5.69 Å². The zero-order valence-corrected chi connectivity index (χ0v) is 17.9. The summed E-state index contributed by atoms with van der Waals surface area (Å²) >= 11 is 0. The van der Waals surface area contributed by atoms with Crippen molar-refractivity contribution in [2.75, 3.05) is 45.6 Å². The summed E-state index contributed by atoms with van der Waals surface area (Å²) < 4.78 is 31.7. The highest BCUT2D eigenvalue weighted by Gasteiger charge is 2.28. The van der Waals surface area contributed by atoms with E-state index in [2.05, 4.69) is 10.3 Å². The van der Waals surface area contributed by atoms with Gasteiger partial charge in [0.2, 0.25) is 10.0 Å². The largest absolute Gasteiger partial charge is 0.378 e. The quantitative estimate of drug-likeness (QED) is 0.285. The van der Waals surface area contributed by atoms with E-state index in [0.717, 1.165) is 5.56 Å². The van der Waals surface area contributed by atoms with Gasteiger partial charge in [-0.3, -0.25) is 15.1 Å². The Morgan fingerprint density at radius 1 is 1.24 bits per heavy atom. The van der Waals surface area contributed by atoms with Crippen molar-refractivity contribution >= 4 is 21.7 Å². The molecule has 2 rings (SSSR count). The number of guanidine groups is 1. The van der Waals surface area contributed by atoms with Gasteiger partial charge in [-0.05, 0) is 19.4 Å². The molecule has 0 aliphatic carbocycles. The third kappa shape index (κ3) is 6.94. The summed E-state index contributed by atoms with van der Waals surface area (Å²) in [5, 5.41) is 13.9. The molecule has 162 valence electrons. The van der Waals surface area contributed by atoms with Crippen LogP contribution in [0.3, 0.4) is 0 Å². The number of nitrogens with one attached hydrogen (secondary N) is 1. The first-order valence-corrected chi connectivity index (χ1v) is 11.1. The number of sulfonamides is 1. The lowest BCUT2D eigenvalue weighted by atomic mass is 10.2. The normalized spacial score (nSPS) is 16.3.